The highest BCUT2D eigenvalue weighted by Crippen LogP contribution is 2.35. The minimum absolute atomic E-state index is 0.241. The average Bonchev–Trinajstić information content (AvgIpc) is 3.34. The van der Waals surface area contributed by atoms with Gasteiger partial charge in [-0.3, -0.25) is 14.5 Å². The van der Waals surface area contributed by atoms with Gasteiger partial charge in [0.05, 0.1) is 11.4 Å². The zero-order valence-corrected chi connectivity index (χ0v) is 18.7. The van der Waals surface area contributed by atoms with Crippen molar-refractivity contribution in [2.45, 2.75) is 6.54 Å². The second-order valence-corrected chi connectivity index (χ2v) is 9.03. The quantitative estimate of drug-likeness (QED) is 0.287. The lowest BCUT2D eigenvalue weighted by Gasteiger charge is -2.14. The Kier molecular flexibility index (Phi) is 5.26. The van der Waals surface area contributed by atoms with Gasteiger partial charge in [0, 0.05) is 16.1 Å². The second-order valence-electron chi connectivity index (χ2n) is 7.12. The van der Waals surface area contributed by atoms with Crippen LogP contribution in [0.5, 0.6) is 0 Å². The molecule has 2 amide bonds. The van der Waals surface area contributed by atoms with E-state index in [1.54, 1.807) is 12.1 Å². The monoisotopic (exact) mass is 489 g/mol. The first-order valence-corrected chi connectivity index (χ1v) is 11.3. The van der Waals surface area contributed by atoms with Crippen molar-refractivity contribution in [1.82, 2.24) is 4.90 Å². The van der Waals surface area contributed by atoms with Crippen molar-refractivity contribution in [2.75, 3.05) is 0 Å². The van der Waals surface area contributed by atoms with E-state index in [1.165, 1.54) is 4.90 Å². The molecule has 0 saturated carbocycles. The van der Waals surface area contributed by atoms with Crippen LogP contribution in [0, 0.1) is 0 Å². The van der Waals surface area contributed by atoms with Crippen molar-refractivity contribution < 1.29 is 14.0 Å². The molecule has 0 atom stereocenters. The molecule has 4 nitrogen and oxygen atoms in total. The first-order chi connectivity index (χ1) is 15.1. The molecule has 3 aromatic carbocycles. The maximum atomic E-state index is 13.0. The fourth-order valence-electron chi connectivity index (χ4n) is 3.59. The third-order valence-electron chi connectivity index (χ3n) is 5.09. The van der Waals surface area contributed by atoms with E-state index in [0.717, 1.165) is 38.1 Å². The first-order valence-electron chi connectivity index (χ1n) is 9.66. The Morgan fingerprint density at radius 2 is 1.74 bits per heavy atom. The van der Waals surface area contributed by atoms with E-state index in [0.29, 0.717) is 16.4 Å². The number of rotatable bonds is 4. The largest absolute Gasteiger partial charge is 0.457 e. The van der Waals surface area contributed by atoms with Crippen LogP contribution in [0.25, 0.3) is 28.2 Å². The fourth-order valence-corrected chi connectivity index (χ4v) is 4.81. The predicted molar refractivity (Wildman–Crippen MR) is 127 cm³/mol. The minimum Gasteiger partial charge on any atom is -0.457 e. The summed E-state index contributed by atoms with van der Waals surface area (Å²) in [6, 6.07) is 25.3. The minimum atomic E-state index is -0.302. The van der Waals surface area contributed by atoms with Gasteiger partial charge in [-0.05, 0) is 52.4 Å². The second kappa shape index (κ2) is 8.21. The molecule has 0 unspecified atom stereocenters. The summed E-state index contributed by atoms with van der Waals surface area (Å²) < 4.78 is 6.84. The molecular formula is C25H16BrNO3S. The third kappa shape index (κ3) is 3.96. The molecule has 31 heavy (non-hydrogen) atoms. The lowest BCUT2D eigenvalue weighted by atomic mass is 10.0. The number of amides is 2. The summed E-state index contributed by atoms with van der Waals surface area (Å²) in [5.41, 5.74) is 1.87. The number of carbonyl (C=O) groups excluding carboxylic acids is 2. The van der Waals surface area contributed by atoms with E-state index in [4.69, 9.17) is 4.42 Å². The summed E-state index contributed by atoms with van der Waals surface area (Å²) in [7, 11) is 0. The van der Waals surface area contributed by atoms with E-state index >= 15 is 0 Å². The van der Waals surface area contributed by atoms with Crippen molar-refractivity contribution in [1.29, 1.82) is 0 Å². The molecular weight excluding hydrogens is 474 g/mol. The van der Waals surface area contributed by atoms with E-state index in [1.807, 2.05) is 72.8 Å². The van der Waals surface area contributed by atoms with Crippen LogP contribution >= 0.6 is 27.7 Å². The van der Waals surface area contributed by atoms with Crippen molar-refractivity contribution in [2.24, 2.45) is 0 Å². The Hall–Kier alpha value is -3.09. The molecule has 0 spiro atoms. The van der Waals surface area contributed by atoms with E-state index < -0.39 is 0 Å². The number of carbonyl (C=O) groups is 2. The van der Waals surface area contributed by atoms with Crippen molar-refractivity contribution in [3.05, 3.63) is 99.6 Å². The molecule has 1 aliphatic heterocycles. The summed E-state index contributed by atoms with van der Waals surface area (Å²) in [5, 5.41) is 1.85. The van der Waals surface area contributed by atoms with Gasteiger partial charge in [-0.25, -0.2) is 0 Å². The summed E-state index contributed by atoms with van der Waals surface area (Å²) in [6.07, 6.45) is 1.63. The van der Waals surface area contributed by atoms with Crippen LogP contribution in [0.3, 0.4) is 0 Å². The van der Waals surface area contributed by atoms with E-state index in [2.05, 4.69) is 15.9 Å². The highest BCUT2D eigenvalue weighted by atomic mass is 79.9. The van der Waals surface area contributed by atoms with Gasteiger partial charge in [-0.15, -0.1) is 0 Å². The zero-order chi connectivity index (χ0) is 21.4. The first kappa shape index (κ1) is 19.8. The Morgan fingerprint density at radius 1 is 0.935 bits per heavy atom. The van der Waals surface area contributed by atoms with Crippen LogP contribution in [-0.4, -0.2) is 16.0 Å². The van der Waals surface area contributed by atoms with Crippen LogP contribution in [0.2, 0.25) is 0 Å². The van der Waals surface area contributed by atoms with Gasteiger partial charge >= 0.3 is 0 Å². The molecule has 1 aromatic heterocycles. The van der Waals surface area contributed by atoms with Gasteiger partial charge in [0.2, 0.25) is 0 Å². The maximum Gasteiger partial charge on any atom is 0.293 e. The smallest absolute Gasteiger partial charge is 0.293 e. The van der Waals surface area contributed by atoms with Gasteiger partial charge < -0.3 is 4.42 Å². The Balaban J connectivity index is 1.39. The van der Waals surface area contributed by atoms with Crippen LogP contribution in [0.4, 0.5) is 4.79 Å². The number of benzene rings is 3. The molecule has 1 aliphatic rings. The fraction of sp³-hybridized carbons (Fsp3) is 0.0400. The molecule has 0 bridgehead atoms. The van der Waals surface area contributed by atoms with Crippen molar-refractivity contribution >= 4 is 55.7 Å². The predicted octanol–water partition coefficient (Wildman–Crippen LogP) is 7.10. The zero-order valence-electron chi connectivity index (χ0n) is 16.2. The number of thioether (sulfide) groups is 1. The molecule has 4 aromatic rings. The Labute approximate surface area is 191 Å². The average molecular weight is 490 g/mol. The molecule has 1 saturated heterocycles. The van der Waals surface area contributed by atoms with Crippen molar-refractivity contribution in [3.8, 4) is 11.3 Å². The summed E-state index contributed by atoms with van der Waals surface area (Å²) in [4.78, 5) is 27.2. The molecule has 6 heteroatoms. The molecule has 2 heterocycles. The van der Waals surface area contributed by atoms with Gasteiger partial charge in [0.25, 0.3) is 11.1 Å². The molecule has 0 radical (unpaired) electrons. The van der Waals surface area contributed by atoms with Crippen LogP contribution < -0.4 is 0 Å². The van der Waals surface area contributed by atoms with Crippen LogP contribution in [0.15, 0.2) is 92.7 Å². The maximum absolute atomic E-state index is 13.0. The Bertz CT molecular complexity index is 1350. The summed E-state index contributed by atoms with van der Waals surface area (Å²) in [6.45, 7) is 0.241. The van der Waals surface area contributed by atoms with E-state index in [9.17, 15) is 9.59 Å². The van der Waals surface area contributed by atoms with Crippen LogP contribution in [-0.2, 0) is 11.3 Å². The highest BCUT2D eigenvalue weighted by molar-refractivity contribution is 9.10. The number of fused-ring (bicyclic) bond motifs is 1. The topological polar surface area (TPSA) is 50.5 Å². The summed E-state index contributed by atoms with van der Waals surface area (Å²) in [5.74, 6) is 0.927. The molecule has 1 fully saturated rings. The normalized spacial score (nSPS) is 15.4. The molecule has 152 valence electrons. The van der Waals surface area contributed by atoms with Crippen molar-refractivity contribution in [3.63, 3.8) is 0 Å². The third-order valence-corrected chi connectivity index (χ3v) is 6.49. The SMILES string of the molecule is O=C1S/C(=C\c2ccc(-c3cccc(Br)c3)o2)C(=O)N1Cc1cccc2ccccc12. The standard InChI is InChI=1S/C25H16BrNO3S/c26-19-9-4-7-17(13-19)22-12-11-20(30-22)14-23-24(28)27(25(29)31-23)15-18-8-3-6-16-5-1-2-10-21(16)18/h1-14H,15H2/b23-14-. The number of hydrogen-bond acceptors (Lipinski definition) is 4. The van der Waals surface area contributed by atoms with E-state index in [-0.39, 0.29) is 17.7 Å². The van der Waals surface area contributed by atoms with Gasteiger partial charge in [-0.1, -0.05) is 70.5 Å². The van der Waals surface area contributed by atoms with Gasteiger partial charge in [0.15, 0.2) is 0 Å². The Morgan fingerprint density at radius 3 is 2.61 bits per heavy atom. The number of halogens is 1. The molecule has 0 N–H and O–H groups in total. The molecule has 0 aliphatic carbocycles. The lowest BCUT2D eigenvalue weighted by molar-refractivity contribution is -0.123. The number of furan rings is 1. The lowest BCUT2D eigenvalue weighted by Crippen LogP contribution is -2.27. The molecule has 5 rings (SSSR count). The number of imide groups is 1. The number of nitrogens with zero attached hydrogens (tertiary/aromatic N) is 1. The van der Waals surface area contributed by atoms with Crippen LogP contribution in [0.1, 0.15) is 11.3 Å². The summed E-state index contributed by atoms with van der Waals surface area (Å²) >= 11 is 4.40. The van der Waals surface area contributed by atoms with Gasteiger partial charge in [0.1, 0.15) is 11.5 Å². The number of hydrogen-bond donors (Lipinski definition) is 0. The van der Waals surface area contributed by atoms with Gasteiger partial charge in [-0.2, -0.15) is 0 Å². The highest BCUT2D eigenvalue weighted by Gasteiger charge is 2.35.